The summed E-state index contributed by atoms with van der Waals surface area (Å²) < 4.78 is 19.6. The lowest BCUT2D eigenvalue weighted by molar-refractivity contribution is -0.156. The first-order chi connectivity index (χ1) is 20.3. The molecule has 0 spiro atoms. The number of Topliss-reactive ketones (excluding diaryl/α,β-unsaturated/α-hetero) is 1. The molecule has 0 radical (unpaired) electrons. The zero-order valence-corrected chi connectivity index (χ0v) is 26.6. The van der Waals surface area contributed by atoms with E-state index in [-0.39, 0.29) is 25.4 Å². The monoisotopic (exact) mass is 611 g/mol. The third-order valence-electron chi connectivity index (χ3n) is 5.91. The van der Waals surface area contributed by atoms with Gasteiger partial charge in [0, 0.05) is 27.1 Å². The number of hydrogen-bond acceptors (Lipinski definition) is 10. The Balaban J connectivity index is 1.66. The Labute approximate surface area is 252 Å². The summed E-state index contributed by atoms with van der Waals surface area (Å²) in [5.41, 5.74) is 0.00806. The number of aromatic nitrogens is 6. The highest BCUT2D eigenvalue weighted by Gasteiger charge is 2.28. The van der Waals surface area contributed by atoms with E-state index in [0.29, 0.717) is 19.2 Å². The van der Waals surface area contributed by atoms with E-state index in [1.165, 1.54) is 4.68 Å². The van der Waals surface area contributed by atoms with E-state index in [1.807, 2.05) is 29.0 Å². The second-order valence-electron chi connectivity index (χ2n) is 12.1. The van der Waals surface area contributed by atoms with Crippen molar-refractivity contribution in [2.75, 3.05) is 6.61 Å². The molecule has 232 valence electrons. The Morgan fingerprint density at radius 3 is 2.49 bits per heavy atom. The zero-order chi connectivity index (χ0) is 31.5. The van der Waals surface area contributed by atoms with Crippen molar-refractivity contribution >= 4 is 38.1 Å². The van der Waals surface area contributed by atoms with Gasteiger partial charge < -0.3 is 24.1 Å². The van der Waals surface area contributed by atoms with Gasteiger partial charge in [-0.1, -0.05) is 50.0 Å². The van der Waals surface area contributed by atoms with Gasteiger partial charge in [0.15, 0.2) is 11.6 Å². The molecule has 0 aliphatic rings. The van der Waals surface area contributed by atoms with E-state index in [4.69, 9.17) is 14.2 Å². The van der Waals surface area contributed by atoms with Gasteiger partial charge >= 0.3 is 12.1 Å². The molecule has 2 aromatic heterocycles. The predicted octanol–water partition coefficient (Wildman–Crippen LogP) is 3.95. The number of hydrogen-bond donors (Lipinski definition) is 1. The molecule has 0 aliphatic heterocycles. The minimum atomic E-state index is -1.23. The Morgan fingerprint density at radius 2 is 1.79 bits per heavy atom. The Hall–Kier alpha value is -4.17. The molecule has 1 N–H and O–H groups in total. The highest BCUT2D eigenvalue weighted by molar-refractivity contribution is 6.76. The Kier molecular flexibility index (Phi) is 11.9. The van der Waals surface area contributed by atoms with Crippen molar-refractivity contribution in [2.45, 2.75) is 84.4 Å². The highest BCUT2D eigenvalue weighted by Crippen LogP contribution is 2.12. The number of imidazole rings is 1. The van der Waals surface area contributed by atoms with E-state index in [1.54, 1.807) is 51.3 Å². The molecule has 2 heterocycles. The van der Waals surface area contributed by atoms with E-state index < -0.39 is 37.6 Å². The van der Waals surface area contributed by atoms with Crippen molar-refractivity contribution in [3.05, 3.63) is 59.9 Å². The molecule has 1 unspecified atom stereocenters. The molecule has 3 aromatic rings. The minimum Gasteiger partial charge on any atom is -0.460 e. The van der Waals surface area contributed by atoms with Crippen LogP contribution in [0, 0.1) is 0 Å². The number of esters is 1. The number of tetrazole rings is 1. The second-order valence-corrected chi connectivity index (χ2v) is 17.8. The van der Waals surface area contributed by atoms with Gasteiger partial charge in [0.1, 0.15) is 37.3 Å². The predicted molar refractivity (Wildman–Crippen MR) is 162 cm³/mol. The molecular formula is C29H41N7O6Si. The first kappa shape index (κ1) is 33.3. The maximum Gasteiger partial charge on any atom is 0.408 e. The van der Waals surface area contributed by atoms with Crippen molar-refractivity contribution in [2.24, 2.45) is 0 Å². The quantitative estimate of drug-likeness (QED) is 0.152. The number of benzene rings is 1. The standard InChI is InChI=1S/C29H41N7O6Si/c1-29(2,3)42-27(38)18-23(31-28(39)41-20-22-10-8-7-9-11-22)24(37)19-36-26(32-33-34-36)13-12-25-30-14-15-35(25)21-40-16-17-43(4,5)6/h7-15,23H,16-21H2,1-6H3,(H,31,39). The molecule has 1 aromatic carbocycles. The molecule has 43 heavy (non-hydrogen) atoms. The lowest BCUT2D eigenvalue weighted by Gasteiger charge is -2.22. The smallest absolute Gasteiger partial charge is 0.408 e. The number of nitrogens with one attached hydrogen (secondary N) is 1. The first-order valence-corrected chi connectivity index (χ1v) is 17.7. The first-order valence-electron chi connectivity index (χ1n) is 14.0. The van der Waals surface area contributed by atoms with Crippen LogP contribution in [0.4, 0.5) is 4.79 Å². The van der Waals surface area contributed by atoms with Crippen LogP contribution in [0.25, 0.3) is 12.2 Å². The molecule has 0 saturated carbocycles. The fraction of sp³-hybridized carbons (Fsp3) is 0.483. The zero-order valence-electron chi connectivity index (χ0n) is 25.6. The average molecular weight is 612 g/mol. The lowest BCUT2D eigenvalue weighted by Crippen LogP contribution is -2.45. The van der Waals surface area contributed by atoms with Crippen molar-refractivity contribution < 1.29 is 28.6 Å². The number of carbonyl (C=O) groups is 3. The number of amides is 1. The fourth-order valence-electron chi connectivity index (χ4n) is 3.68. The van der Waals surface area contributed by atoms with Gasteiger partial charge in [-0.05, 0) is 55.0 Å². The molecule has 13 nitrogen and oxygen atoms in total. The van der Waals surface area contributed by atoms with E-state index >= 15 is 0 Å². The topological polar surface area (TPSA) is 152 Å². The minimum absolute atomic E-state index is 0.00107. The molecule has 14 heteroatoms. The van der Waals surface area contributed by atoms with Crippen LogP contribution < -0.4 is 5.32 Å². The molecule has 1 atom stereocenters. The Bertz CT molecular complexity index is 1380. The van der Waals surface area contributed by atoms with Crippen LogP contribution in [0.2, 0.25) is 25.7 Å². The summed E-state index contributed by atoms with van der Waals surface area (Å²) in [5.74, 6) is -0.253. The number of rotatable bonds is 15. The maximum atomic E-state index is 13.3. The van der Waals surface area contributed by atoms with Crippen molar-refractivity contribution in [1.82, 2.24) is 35.1 Å². The summed E-state index contributed by atoms with van der Waals surface area (Å²) in [6.45, 7) is 12.8. The molecule has 0 bridgehead atoms. The molecule has 0 aliphatic carbocycles. The summed E-state index contributed by atoms with van der Waals surface area (Å²) in [6.07, 6.45) is 5.58. The maximum absolute atomic E-state index is 13.3. The third kappa shape index (κ3) is 12.3. The summed E-state index contributed by atoms with van der Waals surface area (Å²) in [4.78, 5) is 42.8. The van der Waals surface area contributed by atoms with Gasteiger partial charge in [-0.25, -0.2) is 14.5 Å². The number of nitrogens with zero attached hydrogens (tertiary/aromatic N) is 6. The normalized spacial score (nSPS) is 12.7. The highest BCUT2D eigenvalue weighted by atomic mass is 28.3. The lowest BCUT2D eigenvalue weighted by atomic mass is 10.1. The summed E-state index contributed by atoms with van der Waals surface area (Å²) in [7, 11) is -1.19. The van der Waals surface area contributed by atoms with Crippen molar-refractivity contribution in [3.63, 3.8) is 0 Å². The van der Waals surface area contributed by atoms with Gasteiger partial charge in [-0.2, -0.15) is 0 Å². The number of ether oxygens (including phenoxy) is 3. The van der Waals surface area contributed by atoms with Crippen molar-refractivity contribution in [1.29, 1.82) is 0 Å². The molecule has 0 fully saturated rings. The van der Waals surface area contributed by atoms with Gasteiger partial charge in [-0.15, -0.1) is 5.10 Å². The van der Waals surface area contributed by atoms with Crippen LogP contribution >= 0.6 is 0 Å². The summed E-state index contributed by atoms with van der Waals surface area (Å²) in [6, 6.07) is 8.92. The van der Waals surface area contributed by atoms with Gasteiger partial charge in [-0.3, -0.25) is 9.59 Å². The SMILES string of the molecule is CC(C)(C)OC(=O)CC(NC(=O)OCc1ccccc1)C(=O)Cn1nnnc1C=Cc1nccn1COCC[Si](C)(C)C. The van der Waals surface area contributed by atoms with Gasteiger partial charge in [0.2, 0.25) is 0 Å². The van der Waals surface area contributed by atoms with Gasteiger partial charge in [0.25, 0.3) is 0 Å². The van der Waals surface area contributed by atoms with Crippen LogP contribution in [-0.4, -0.2) is 73.9 Å². The molecule has 1 amide bonds. The van der Waals surface area contributed by atoms with Crippen LogP contribution in [0.15, 0.2) is 42.7 Å². The molecule has 3 rings (SSSR count). The largest absolute Gasteiger partial charge is 0.460 e. The molecular weight excluding hydrogens is 570 g/mol. The van der Waals surface area contributed by atoms with E-state index in [9.17, 15) is 14.4 Å². The average Bonchev–Trinajstić information content (AvgIpc) is 3.56. The second kappa shape index (κ2) is 15.3. The number of alkyl carbamates (subject to hydrolysis) is 1. The fourth-order valence-corrected chi connectivity index (χ4v) is 4.44. The van der Waals surface area contributed by atoms with Crippen molar-refractivity contribution in [3.8, 4) is 0 Å². The van der Waals surface area contributed by atoms with E-state index in [2.05, 4.69) is 45.5 Å². The van der Waals surface area contributed by atoms with Crippen LogP contribution in [0.1, 0.15) is 44.4 Å². The van der Waals surface area contributed by atoms with Crippen LogP contribution in [0.3, 0.4) is 0 Å². The van der Waals surface area contributed by atoms with Gasteiger partial charge in [0.05, 0.1) is 6.42 Å². The van der Waals surface area contributed by atoms with Crippen LogP contribution in [0.5, 0.6) is 0 Å². The number of ketones is 1. The van der Waals surface area contributed by atoms with E-state index in [0.717, 1.165) is 11.6 Å². The van der Waals surface area contributed by atoms with Crippen LogP contribution in [-0.2, 0) is 43.7 Å². The molecule has 0 saturated heterocycles. The summed E-state index contributed by atoms with van der Waals surface area (Å²) >= 11 is 0. The summed E-state index contributed by atoms with van der Waals surface area (Å²) in [5, 5.41) is 14.1. The number of carbonyl (C=O) groups excluding carboxylic acids is 3. The third-order valence-corrected chi connectivity index (χ3v) is 7.61. The Morgan fingerprint density at radius 1 is 1.07 bits per heavy atom.